The summed E-state index contributed by atoms with van der Waals surface area (Å²) in [5.41, 5.74) is 3.65. The molecule has 5 rings (SSSR count). The lowest BCUT2D eigenvalue weighted by atomic mass is 10.2. The number of hydrogen-bond acceptors (Lipinski definition) is 8. The molecule has 0 saturated heterocycles. The molecule has 4 heterocycles. The van der Waals surface area contributed by atoms with Crippen molar-refractivity contribution in [3.63, 3.8) is 0 Å². The van der Waals surface area contributed by atoms with E-state index in [1.54, 1.807) is 11.3 Å². The molecular weight excluding hydrogens is 434 g/mol. The van der Waals surface area contributed by atoms with Crippen LogP contribution in [0.25, 0.3) is 21.7 Å². The van der Waals surface area contributed by atoms with Crippen LogP contribution in [0.15, 0.2) is 42.2 Å². The minimum absolute atomic E-state index is 0.0325. The van der Waals surface area contributed by atoms with Crippen molar-refractivity contribution in [2.45, 2.75) is 57.7 Å². The van der Waals surface area contributed by atoms with E-state index in [0.717, 1.165) is 46.6 Å². The summed E-state index contributed by atoms with van der Waals surface area (Å²) in [6.07, 6.45) is 9.35. The molecule has 1 aliphatic rings. The summed E-state index contributed by atoms with van der Waals surface area (Å²) >= 11 is 1.69. The van der Waals surface area contributed by atoms with Gasteiger partial charge in [-0.2, -0.15) is 9.97 Å². The van der Waals surface area contributed by atoms with Crippen LogP contribution in [0.3, 0.4) is 0 Å². The van der Waals surface area contributed by atoms with Gasteiger partial charge in [-0.15, -0.1) is 11.3 Å². The molecule has 3 N–H and O–H groups in total. The molecule has 9 heteroatoms. The van der Waals surface area contributed by atoms with E-state index in [-0.39, 0.29) is 12.6 Å². The van der Waals surface area contributed by atoms with Crippen molar-refractivity contribution < 1.29 is 5.11 Å². The smallest absolute Gasteiger partial charge is 0.227 e. The van der Waals surface area contributed by atoms with Gasteiger partial charge < -0.3 is 20.3 Å². The molecule has 33 heavy (non-hydrogen) atoms. The number of aliphatic hydroxyl groups excluding tert-OH is 1. The van der Waals surface area contributed by atoms with Crippen molar-refractivity contribution >= 4 is 34.3 Å². The number of thiophene rings is 1. The van der Waals surface area contributed by atoms with Crippen LogP contribution in [-0.4, -0.2) is 42.3 Å². The van der Waals surface area contributed by atoms with E-state index >= 15 is 0 Å². The largest absolute Gasteiger partial charge is 0.394 e. The standard InChI is InChI=1S/C24H29N7OS/c1-2-17(14-32)28-24-29-22(21-23(30-24)31(15-27-21)18-6-3-4-7-18)26-13-16-9-10-19(25-12-16)20-8-5-11-33-20/h5,8-12,15,17-18,32H,2-4,6-7,13-14H2,1H3,(H2,26,28,29,30). The summed E-state index contributed by atoms with van der Waals surface area (Å²) in [6, 6.07) is 8.59. The number of aromatic nitrogens is 5. The Morgan fingerprint density at radius 3 is 2.76 bits per heavy atom. The number of pyridine rings is 1. The first-order valence-corrected chi connectivity index (χ1v) is 12.5. The van der Waals surface area contributed by atoms with Gasteiger partial charge in [-0.25, -0.2) is 4.98 Å². The van der Waals surface area contributed by atoms with E-state index < -0.39 is 0 Å². The van der Waals surface area contributed by atoms with Crippen molar-refractivity contribution in [2.24, 2.45) is 0 Å². The fourth-order valence-corrected chi connectivity index (χ4v) is 5.00. The van der Waals surface area contributed by atoms with Crippen molar-refractivity contribution in [1.82, 2.24) is 24.5 Å². The summed E-state index contributed by atoms with van der Waals surface area (Å²) in [7, 11) is 0. The Kier molecular flexibility index (Phi) is 6.50. The molecule has 1 unspecified atom stereocenters. The van der Waals surface area contributed by atoms with Crippen LogP contribution in [0, 0.1) is 0 Å². The predicted octanol–water partition coefficient (Wildman–Crippen LogP) is 4.86. The SMILES string of the molecule is CCC(CO)Nc1nc(NCc2ccc(-c3cccs3)nc2)c2ncn(C3CCCC3)c2n1. The molecule has 172 valence electrons. The van der Waals surface area contributed by atoms with Crippen LogP contribution in [-0.2, 0) is 6.54 Å². The third-order valence-electron chi connectivity index (χ3n) is 6.24. The van der Waals surface area contributed by atoms with Crippen LogP contribution in [0.1, 0.15) is 50.6 Å². The first-order chi connectivity index (χ1) is 16.2. The highest BCUT2D eigenvalue weighted by Gasteiger charge is 2.22. The second-order valence-electron chi connectivity index (χ2n) is 8.47. The molecule has 0 amide bonds. The lowest BCUT2D eigenvalue weighted by Gasteiger charge is -2.17. The van der Waals surface area contributed by atoms with Gasteiger partial charge in [0.05, 0.1) is 29.5 Å². The minimum Gasteiger partial charge on any atom is -0.394 e. The maximum absolute atomic E-state index is 9.64. The monoisotopic (exact) mass is 463 g/mol. The Labute approximate surface area is 197 Å². The lowest BCUT2D eigenvalue weighted by molar-refractivity contribution is 0.271. The summed E-state index contributed by atoms with van der Waals surface area (Å²) in [4.78, 5) is 19.9. The Hall–Kier alpha value is -3.04. The zero-order chi connectivity index (χ0) is 22.6. The number of hydrogen-bond donors (Lipinski definition) is 3. The molecule has 0 aliphatic heterocycles. The number of aliphatic hydroxyl groups is 1. The normalized spacial score (nSPS) is 15.2. The minimum atomic E-state index is -0.0906. The Morgan fingerprint density at radius 1 is 1.18 bits per heavy atom. The molecule has 0 aromatic carbocycles. The van der Waals surface area contributed by atoms with Gasteiger partial charge in [-0.3, -0.25) is 4.98 Å². The molecule has 1 aliphatic carbocycles. The highest BCUT2D eigenvalue weighted by atomic mass is 32.1. The number of anilines is 2. The van der Waals surface area contributed by atoms with E-state index in [0.29, 0.717) is 24.4 Å². The van der Waals surface area contributed by atoms with E-state index in [4.69, 9.17) is 9.97 Å². The number of nitrogens with zero attached hydrogens (tertiary/aromatic N) is 5. The molecule has 1 saturated carbocycles. The van der Waals surface area contributed by atoms with Gasteiger partial charge in [0.2, 0.25) is 5.95 Å². The van der Waals surface area contributed by atoms with Crippen LogP contribution in [0.2, 0.25) is 0 Å². The van der Waals surface area contributed by atoms with E-state index in [2.05, 4.69) is 42.7 Å². The fourth-order valence-electron chi connectivity index (χ4n) is 4.30. The lowest BCUT2D eigenvalue weighted by Crippen LogP contribution is -2.24. The summed E-state index contributed by atoms with van der Waals surface area (Å²) in [6.45, 7) is 2.64. The Morgan fingerprint density at radius 2 is 2.06 bits per heavy atom. The van der Waals surface area contributed by atoms with Crippen LogP contribution < -0.4 is 10.6 Å². The summed E-state index contributed by atoms with van der Waals surface area (Å²) in [5, 5.41) is 18.4. The maximum Gasteiger partial charge on any atom is 0.227 e. The second kappa shape index (κ2) is 9.84. The third kappa shape index (κ3) is 4.69. The van der Waals surface area contributed by atoms with Crippen molar-refractivity contribution in [1.29, 1.82) is 0 Å². The molecule has 0 bridgehead atoms. The molecule has 4 aromatic rings. The number of fused-ring (bicyclic) bond motifs is 1. The van der Waals surface area contributed by atoms with Gasteiger partial charge in [0, 0.05) is 18.8 Å². The number of rotatable bonds is 9. The van der Waals surface area contributed by atoms with Crippen LogP contribution in [0.4, 0.5) is 11.8 Å². The van der Waals surface area contributed by atoms with Crippen molar-refractivity contribution in [3.8, 4) is 10.6 Å². The first kappa shape index (κ1) is 21.8. The maximum atomic E-state index is 9.64. The highest BCUT2D eigenvalue weighted by molar-refractivity contribution is 7.13. The molecule has 4 aromatic heterocycles. The molecule has 1 fully saturated rings. The van der Waals surface area contributed by atoms with Gasteiger partial charge in [-0.05, 0) is 42.3 Å². The zero-order valence-corrected chi connectivity index (χ0v) is 19.6. The van der Waals surface area contributed by atoms with Crippen LogP contribution >= 0.6 is 11.3 Å². The fraction of sp³-hybridized carbons (Fsp3) is 0.417. The van der Waals surface area contributed by atoms with Gasteiger partial charge in [-0.1, -0.05) is 31.9 Å². The molecule has 0 spiro atoms. The van der Waals surface area contributed by atoms with E-state index in [9.17, 15) is 5.11 Å². The first-order valence-electron chi connectivity index (χ1n) is 11.6. The average molecular weight is 464 g/mol. The van der Waals surface area contributed by atoms with Gasteiger partial charge in [0.15, 0.2) is 17.0 Å². The van der Waals surface area contributed by atoms with Crippen molar-refractivity contribution in [3.05, 3.63) is 47.7 Å². The van der Waals surface area contributed by atoms with Crippen molar-refractivity contribution in [2.75, 3.05) is 17.2 Å². The quantitative estimate of drug-likeness (QED) is 0.326. The molecular formula is C24H29N7OS. The Balaban J connectivity index is 1.41. The van der Waals surface area contributed by atoms with E-state index in [1.807, 2.05) is 31.6 Å². The molecule has 8 nitrogen and oxygen atoms in total. The highest BCUT2D eigenvalue weighted by Crippen LogP contribution is 2.33. The third-order valence-corrected chi connectivity index (χ3v) is 7.14. The zero-order valence-electron chi connectivity index (χ0n) is 18.7. The number of imidazole rings is 1. The second-order valence-corrected chi connectivity index (χ2v) is 9.42. The average Bonchev–Trinajstić information content (AvgIpc) is 3.62. The van der Waals surface area contributed by atoms with Gasteiger partial charge >= 0.3 is 0 Å². The molecule has 0 radical (unpaired) electrons. The Bertz CT molecular complexity index is 1180. The predicted molar refractivity (Wildman–Crippen MR) is 132 cm³/mol. The van der Waals surface area contributed by atoms with Crippen LogP contribution in [0.5, 0.6) is 0 Å². The van der Waals surface area contributed by atoms with Gasteiger partial charge in [0.1, 0.15) is 0 Å². The summed E-state index contributed by atoms with van der Waals surface area (Å²) < 4.78 is 2.19. The molecule has 1 atom stereocenters. The van der Waals surface area contributed by atoms with Gasteiger partial charge in [0.25, 0.3) is 0 Å². The topological polar surface area (TPSA) is 101 Å². The van der Waals surface area contributed by atoms with E-state index in [1.165, 1.54) is 12.8 Å². The number of nitrogens with one attached hydrogen (secondary N) is 2. The summed E-state index contributed by atoms with van der Waals surface area (Å²) in [5.74, 6) is 1.20.